The van der Waals surface area contributed by atoms with Crippen molar-refractivity contribution in [2.24, 2.45) is 0 Å². The molecular weight excluding hydrogens is 308 g/mol. The molecule has 0 spiro atoms. The SMILES string of the molecule is O=C(CCc1ccco1)Nc1ccc(NC(=O)[C@H]2CCCO2)cc1. The standard InChI is InChI=1S/C18H20N2O4/c21-17(10-9-15-3-1-11-23-15)19-13-5-7-14(8-6-13)20-18(22)16-4-2-12-24-16/h1,3,5-8,11,16H,2,4,9-10,12H2,(H,19,21)(H,20,22)/t16-/m1/s1. The predicted molar refractivity (Wildman–Crippen MR) is 89.7 cm³/mol. The molecule has 0 aliphatic carbocycles. The van der Waals surface area contributed by atoms with Crippen molar-refractivity contribution in [3.63, 3.8) is 0 Å². The molecule has 6 nitrogen and oxygen atoms in total. The molecule has 1 aromatic carbocycles. The fourth-order valence-electron chi connectivity index (χ4n) is 2.56. The van der Waals surface area contributed by atoms with Gasteiger partial charge in [-0.3, -0.25) is 9.59 Å². The number of benzene rings is 1. The molecule has 2 heterocycles. The fraction of sp³-hybridized carbons (Fsp3) is 0.333. The number of anilines is 2. The third-order valence-electron chi connectivity index (χ3n) is 3.84. The Kier molecular flexibility index (Phi) is 5.28. The minimum atomic E-state index is -0.356. The maximum atomic E-state index is 12.0. The van der Waals surface area contributed by atoms with E-state index in [9.17, 15) is 9.59 Å². The summed E-state index contributed by atoms with van der Waals surface area (Å²) in [4.78, 5) is 23.9. The van der Waals surface area contributed by atoms with E-state index in [4.69, 9.17) is 9.15 Å². The van der Waals surface area contributed by atoms with E-state index < -0.39 is 0 Å². The maximum Gasteiger partial charge on any atom is 0.253 e. The van der Waals surface area contributed by atoms with Crippen molar-refractivity contribution in [3.05, 3.63) is 48.4 Å². The van der Waals surface area contributed by atoms with E-state index in [1.165, 1.54) is 0 Å². The number of nitrogens with one attached hydrogen (secondary N) is 2. The van der Waals surface area contributed by atoms with Crippen molar-refractivity contribution < 1.29 is 18.7 Å². The van der Waals surface area contributed by atoms with E-state index in [1.54, 1.807) is 36.6 Å². The average Bonchev–Trinajstić information content (AvgIpc) is 3.28. The van der Waals surface area contributed by atoms with Crippen LogP contribution in [-0.4, -0.2) is 24.5 Å². The van der Waals surface area contributed by atoms with Crippen molar-refractivity contribution in [1.82, 2.24) is 0 Å². The van der Waals surface area contributed by atoms with Gasteiger partial charge in [0.15, 0.2) is 0 Å². The van der Waals surface area contributed by atoms with Crippen LogP contribution >= 0.6 is 0 Å². The lowest BCUT2D eigenvalue weighted by atomic mass is 10.2. The summed E-state index contributed by atoms with van der Waals surface area (Å²) in [5, 5.41) is 5.64. The van der Waals surface area contributed by atoms with Crippen LogP contribution in [0.5, 0.6) is 0 Å². The molecule has 0 saturated carbocycles. The number of carbonyl (C=O) groups is 2. The molecule has 0 unspecified atom stereocenters. The maximum absolute atomic E-state index is 12.0. The van der Waals surface area contributed by atoms with Gasteiger partial charge in [-0.1, -0.05) is 0 Å². The van der Waals surface area contributed by atoms with Crippen LogP contribution in [0.1, 0.15) is 25.0 Å². The number of ether oxygens (including phenoxy) is 1. The Morgan fingerprint density at radius 3 is 2.46 bits per heavy atom. The lowest BCUT2D eigenvalue weighted by Gasteiger charge is -2.11. The summed E-state index contributed by atoms with van der Waals surface area (Å²) in [5.41, 5.74) is 1.37. The van der Waals surface area contributed by atoms with Gasteiger partial charge in [0, 0.05) is 30.8 Å². The van der Waals surface area contributed by atoms with Gasteiger partial charge < -0.3 is 19.8 Å². The van der Waals surface area contributed by atoms with Crippen LogP contribution in [0.4, 0.5) is 11.4 Å². The van der Waals surface area contributed by atoms with Gasteiger partial charge >= 0.3 is 0 Å². The van der Waals surface area contributed by atoms with Crippen LogP contribution in [0.3, 0.4) is 0 Å². The molecule has 1 saturated heterocycles. The van der Waals surface area contributed by atoms with Crippen molar-refractivity contribution in [3.8, 4) is 0 Å². The first-order chi connectivity index (χ1) is 11.7. The molecule has 0 radical (unpaired) electrons. The molecule has 6 heteroatoms. The van der Waals surface area contributed by atoms with Crippen LogP contribution in [0.2, 0.25) is 0 Å². The minimum Gasteiger partial charge on any atom is -0.469 e. The quantitative estimate of drug-likeness (QED) is 0.854. The molecule has 126 valence electrons. The smallest absolute Gasteiger partial charge is 0.253 e. The minimum absolute atomic E-state index is 0.0810. The van der Waals surface area contributed by atoms with Gasteiger partial charge in [-0.15, -0.1) is 0 Å². The summed E-state index contributed by atoms with van der Waals surface area (Å²) in [7, 11) is 0. The molecule has 1 aliphatic rings. The normalized spacial score (nSPS) is 16.8. The van der Waals surface area contributed by atoms with Crippen molar-refractivity contribution in [2.45, 2.75) is 31.8 Å². The lowest BCUT2D eigenvalue weighted by Crippen LogP contribution is -2.26. The molecule has 2 N–H and O–H groups in total. The molecule has 2 amide bonds. The molecule has 1 fully saturated rings. The van der Waals surface area contributed by atoms with Crippen LogP contribution in [0, 0.1) is 0 Å². The molecule has 2 aromatic rings. The summed E-state index contributed by atoms with van der Waals surface area (Å²) < 4.78 is 10.5. The van der Waals surface area contributed by atoms with Crippen molar-refractivity contribution in [1.29, 1.82) is 0 Å². The molecule has 0 bridgehead atoms. The number of aryl methyl sites for hydroxylation is 1. The molecule has 1 aliphatic heterocycles. The average molecular weight is 328 g/mol. The van der Waals surface area contributed by atoms with E-state index in [-0.39, 0.29) is 17.9 Å². The van der Waals surface area contributed by atoms with E-state index in [0.717, 1.165) is 18.6 Å². The molecule has 24 heavy (non-hydrogen) atoms. The highest BCUT2D eigenvalue weighted by molar-refractivity contribution is 5.95. The summed E-state index contributed by atoms with van der Waals surface area (Å²) in [6.07, 6.45) is 3.83. The largest absolute Gasteiger partial charge is 0.469 e. The van der Waals surface area contributed by atoms with E-state index >= 15 is 0 Å². The highest BCUT2D eigenvalue weighted by Crippen LogP contribution is 2.17. The Labute approximate surface area is 140 Å². The van der Waals surface area contributed by atoms with Crippen LogP contribution < -0.4 is 10.6 Å². The number of hydrogen-bond acceptors (Lipinski definition) is 4. The lowest BCUT2D eigenvalue weighted by molar-refractivity contribution is -0.124. The third kappa shape index (κ3) is 4.45. The second kappa shape index (κ2) is 7.79. The number of amides is 2. The third-order valence-corrected chi connectivity index (χ3v) is 3.84. The van der Waals surface area contributed by atoms with Gasteiger partial charge in [0.2, 0.25) is 5.91 Å². The van der Waals surface area contributed by atoms with E-state index in [1.807, 2.05) is 6.07 Å². The Bertz CT molecular complexity index is 674. The van der Waals surface area contributed by atoms with Crippen LogP contribution in [0.25, 0.3) is 0 Å². The highest BCUT2D eigenvalue weighted by Gasteiger charge is 2.23. The molecular formula is C18H20N2O4. The predicted octanol–water partition coefficient (Wildman–Crippen LogP) is 2.97. The zero-order valence-electron chi connectivity index (χ0n) is 13.3. The Morgan fingerprint density at radius 2 is 1.83 bits per heavy atom. The second-order valence-electron chi connectivity index (χ2n) is 5.70. The van der Waals surface area contributed by atoms with E-state index in [2.05, 4.69) is 10.6 Å². The Hall–Kier alpha value is -2.60. The second-order valence-corrected chi connectivity index (χ2v) is 5.70. The van der Waals surface area contributed by atoms with Crippen molar-refractivity contribution in [2.75, 3.05) is 17.2 Å². The fourth-order valence-corrected chi connectivity index (χ4v) is 2.56. The first-order valence-corrected chi connectivity index (χ1v) is 8.05. The van der Waals surface area contributed by atoms with Gasteiger partial charge in [-0.2, -0.15) is 0 Å². The Morgan fingerprint density at radius 1 is 1.08 bits per heavy atom. The van der Waals surface area contributed by atoms with Gasteiger partial charge in [0.25, 0.3) is 5.91 Å². The summed E-state index contributed by atoms with van der Waals surface area (Å²) >= 11 is 0. The van der Waals surface area contributed by atoms with Crippen LogP contribution in [-0.2, 0) is 20.7 Å². The number of rotatable bonds is 6. The zero-order chi connectivity index (χ0) is 16.8. The first kappa shape index (κ1) is 16.3. The molecule has 1 aromatic heterocycles. The highest BCUT2D eigenvalue weighted by atomic mass is 16.5. The number of furan rings is 1. The van der Waals surface area contributed by atoms with E-state index in [0.29, 0.717) is 30.8 Å². The summed E-state index contributed by atoms with van der Waals surface area (Å²) in [6, 6.07) is 10.7. The first-order valence-electron chi connectivity index (χ1n) is 8.05. The topological polar surface area (TPSA) is 80.6 Å². The zero-order valence-corrected chi connectivity index (χ0v) is 13.3. The Balaban J connectivity index is 1.46. The number of hydrogen-bond donors (Lipinski definition) is 2. The van der Waals surface area contributed by atoms with Crippen molar-refractivity contribution >= 4 is 23.2 Å². The van der Waals surface area contributed by atoms with Gasteiger partial charge in [-0.25, -0.2) is 0 Å². The summed E-state index contributed by atoms with van der Waals surface area (Å²) in [6.45, 7) is 0.640. The van der Waals surface area contributed by atoms with Gasteiger partial charge in [-0.05, 0) is 49.2 Å². The molecule has 1 atom stereocenters. The monoisotopic (exact) mass is 328 g/mol. The summed E-state index contributed by atoms with van der Waals surface area (Å²) in [5.74, 6) is 0.586. The van der Waals surface area contributed by atoms with Crippen LogP contribution in [0.15, 0.2) is 47.1 Å². The van der Waals surface area contributed by atoms with Gasteiger partial charge in [0.1, 0.15) is 11.9 Å². The number of carbonyl (C=O) groups excluding carboxylic acids is 2. The van der Waals surface area contributed by atoms with Gasteiger partial charge in [0.05, 0.1) is 6.26 Å². The molecule has 3 rings (SSSR count).